The first kappa shape index (κ1) is 19.6. The van der Waals surface area contributed by atoms with Crippen LogP contribution >= 0.6 is 34.8 Å². The molecular weight excluding hydrogens is 411 g/mol. The van der Waals surface area contributed by atoms with Gasteiger partial charge in [-0.25, -0.2) is 0 Å². The largest absolute Gasteiger partial charge is 0.419 e. The molecule has 27 heavy (non-hydrogen) atoms. The Morgan fingerprint density at radius 3 is 2.41 bits per heavy atom. The second kappa shape index (κ2) is 8.71. The molecule has 0 saturated heterocycles. The Bertz CT molecular complexity index is 924. The topological polar surface area (TPSA) is 71.3 Å². The molecule has 0 atom stereocenters. The molecule has 3 rings (SSSR count). The van der Waals surface area contributed by atoms with Gasteiger partial charge in [0.15, 0.2) is 0 Å². The number of benzene rings is 2. The van der Waals surface area contributed by atoms with Gasteiger partial charge in [0.05, 0.1) is 28.8 Å². The maximum absolute atomic E-state index is 12.2. The number of hydrogen-bond acceptors (Lipinski definition) is 5. The van der Waals surface area contributed by atoms with Gasteiger partial charge < -0.3 is 9.73 Å². The maximum Gasteiger partial charge on any atom is 0.247 e. The fourth-order valence-corrected chi connectivity index (χ4v) is 2.97. The van der Waals surface area contributed by atoms with Crippen LogP contribution in [0.3, 0.4) is 0 Å². The molecule has 1 amide bonds. The molecule has 6 nitrogen and oxygen atoms in total. The number of amides is 1. The van der Waals surface area contributed by atoms with Gasteiger partial charge in [-0.05, 0) is 43.4 Å². The number of hydrogen-bond donors (Lipinski definition) is 1. The maximum atomic E-state index is 12.2. The SMILES string of the molecule is CN(CC(=O)Nc1c(Cl)cccc1Cl)Cc1nnc(-c2ccc(Cl)cc2)o1. The molecule has 1 heterocycles. The van der Waals surface area contributed by atoms with Gasteiger partial charge in [-0.1, -0.05) is 40.9 Å². The van der Waals surface area contributed by atoms with Crippen molar-refractivity contribution in [1.82, 2.24) is 15.1 Å². The van der Waals surface area contributed by atoms with Crippen LogP contribution in [0.5, 0.6) is 0 Å². The van der Waals surface area contributed by atoms with Crippen LogP contribution in [-0.4, -0.2) is 34.6 Å². The second-order valence-electron chi connectivity index (χ2n) is 5.82. The minimum Gasteiger partial charge on any atom is -0.419 e. The first-order valence-electron chi connectivity index (χ1n) is 7.93. The Kier molecular flexibility index (Phi) is 6.34. The van der Waals surface area contributed by atoms with Gasteiger partial charge in [0.25, 0.3) is 0 Å². The van der Waals surface area contributed by atoms with E-state index in [1.165, 1.54) is 0 Å². The quantitative estimate of drug-likeness (QED) is 0.616. The van der Waals surface area contributed by atoms with E-state index in [0.29, 0.717) is 39.1 Å². The molecular formula is C18H15Cl3N4O2. The lowest BCUT2D eigenvalue weighted by Gasteiger charge is -2.15. The zero-order valence-electron chi connectivity index (χ0n) is 14.2. The number of carbonyl (C=O) groups excluding carboxylic acids is 1. The van der Waals surface area contributed by atoms with E-state index < -0.39 is 0 Å². The van der Waals surface area contributed by atoms with Crippen LogP contribution in [0.4, 0.5) is 5.69 Å². The van der Waals surface area contributed by atoms with Crippen molar-refractivity contribution in [3.05, 3.63) is 63.4 Å². The van der Waals surface area contributed by atoms with Gasteiger partial charge in [-0.3, -0.25) is 9.69 Å². The molecule has 0 bridgehead atoms. The average molecular weight is 426 g/mol. The smallest absolute Gasteiger partial charge is 0.247 e. The summed E-state index contributed by atoms with van der Waals surface area (Å²) in [6.45, 7) is 0.407. The van der Waals surface area contributed by atoms with Crippen molar-refractivity contribution in [3.63, 3.8) is 0 Å². The molecule has 9 heteroatoms. The number of nitrogens with one attached hydrogen (secondary N) is 1. The fraction of sp³-hybridized carbons (Fsp3) is 0.167. The third-order valence-electron chi connectivity index (χ3n) is 3.60. The molecule has 0 fully saturated rings. The predicted molar refractivity (Wildman–Crippen MR) is 106 cm³/mol. The molecule has 0 unspecified atom stereocenters. The number of aromatic nitrogens is 2. The van der Waals surface area contributed by atoms with Crippen LogP contribution in [0.25, 0.3) is 11.5 Å². The summed E-state index contributed by atoms with van der Waals surface area (Å²) >= 11 is 18.0. The van der Waals surface area contributed by atoms with Crippen LogP contribution in [-0.2, 0) is 11.3 Å². The molecule has 1 aromatic heterocycles. The lowest BCUT2D eigenvalue weighted by atomic mass is 10.2. The molecule has 140 valence electrons. The van der Waals surface area contributed by atoms with E-state index in [-0.39, 0.29) is 12.5 Å². The molecule has 0 radical (unpaired) electrons. The number of halogens is 3. The Hall–Kier alpha value is -2.12. The highest BCUT2D eigenvalue weighted by atomic mass is 35.5. The van der Waals surface area contributed by atoms with Crippen molar-refractivity contribution in [2.75, 3.05) is 18.9 Å². The summed E-state index contributed by atoms with van der Waals surface area (Å²) in [4.78, 5) is 14.0. The minimum atomic E-state index is -0.259. The summed E-state index contributed by atoms with van der Waals surface area (Å²) in [5.41, 5.74) is 1.16. The summed E-state index contributed by atoms with van der Waals surface area (Å²) < 4.78 is 5.64. The Morgan fingerprint density at radius 2 is 1.74 bits per heavy atom. The number of carbonyl (C=O) groups is 1. The first-order chi connectivity index (χ1) is 12.9. The van der Waals surface area contributed by atoms with Gasteiger partial charge in [0.1, 0.15) is 0 Å². The van der Waals surface area contributed by atoms with E-state index in [0.717, 1.165) is 5.56 Å². The van der Waals surface area contributed by atoms with Crippen LogP contribution in [0.2, 0.25) is 15.1 Å². The Morgan fingerprint density at radius 1 is 1.07 bits per heavy atom. The number of likely N-dealkylation sites (N-methyl/N-ethyl adjacent to an activating group) is 1. The van der Waals surface area contributed by atoms with Gasteiger partial charge >= 0.3 is 0 Å². The third-order valence-corrected chi connectivity index (χ3v) is 4.49. The summed E-state index contributed by atoms with van der Waals surface area (Å²) in [6.07, 6.45) is 0. The van der Waals surface area contributed by atoms with E-state index in [2.05, 4.69) is 15.5 Å². The fourth-order valence-electron chi connectivity index (χ4n) is 2.35. The second-order valence-corrected chi connectivity index (χ2v) is 7.08. The summed E-state index contributed by atoms with van der Waals surface area (Å²) in [7, 11) is 1.76. The van der Waals surface area contributed by atoms with E-state index in [1.807, 2.05) is 0 Å². The number of anilines is 1. The van der Waals surface area contributed by atoms with E-state index in [9.17, 15) is 4.79 Å². The Balaban J connectivity index is 1.58. The summed E-state index contributed by atoms with van der Waals surface area (Å²) in [5, 5.41) is 12.1. The number of rotatable bonds is 6. The molecule has 3 aromatic rings. The molecule has 0 saturated carbocycles. The lowest BCUT2D eigenvalue weighted by Crippen LogP contribution is -2.30. The van der Waals surface area contributed by atoms with Gasteiger partial charge in [0.2, 0.25) is 17.7 Å². The minimum absolute atomic E-state index is 0.0974. The van der Waals surface area contributed by atoms with Crippen molar-refractivity contribution >= 4 is 46.4 Å². The molecule has 0 aliphatic rings. The van der Waals surface area contributed by atoms with Gasteiger partial charge in [-0.2, -0.15) is 0 Å². The van der Waals surface area contributed by atoms with Crippen molar-refractivity contribution in [1.29, 1.82) is 0 Å². The molecule has 1 N–H and O–H groups in total. The van der Waals surface area contributed by atoms with Crippen LogP contribution in [0, 0.1) is 0 Å². The van der Waals surface area contributed by atoms with E-state index in [1.54, 1.807) is 54.4 Å². The molecule has 0 spiro atoms. The Labute approximate surface area is 171 Å². The van der Waals surface area contributed by atoms with Gasteiger partial charge in [0, 0.05) is 10.6 Å². The highest BCUT2D eigenvalue weighted by Gasteiger charge is 2.15. The molecule has 2 aromatic carbocycles. The van der Waals surface area contributed by atoms with Crippen molar-refractivity contribution < 1.29 is 9.21 Å². The molecule has 0 aliphatic heterocycles. The van der Waals surface area contributed by atoms with Gasteiger partial charge in [-0.15, -0.1) is 10.2 Å². The molecule has 0 aliphatic carbocycles. The monoisotopic (exact) mass is 424 g/mol. The van der Waals surface area contributed by atoms with Crippen molar-refractivity contribution in [2.24, 2.45) is 0 Å². The van der Waals surface area contributed by atoms with Crippen molar-refractivity contribution in [3.8, 4) is 11.5 Å². The first-order valence-corrected chi connectivity index (χ1v) is 9.06. The summed E-state index contributed by atoms with van der Waals surface area (Å²) in [6, 6.07) is 12.1. The standard InChI is InChI=1S/C18H15Cl3N4O2/c1-25(9-15(26)22-17-13(20)3-2-4-14(17)21)10-16-23-24-18(27-16)11-5-7-12(19)8-6-11/h2-8H,9-10H2,1H3,(H,22,26). The van der Waals surface area contributed by atoms with E-state index in [4.69, 9.17) is 39.2 Å². The normalized spacial score (nSPS) is 11.0. The predicted octanol–water partition coefficient (Wildman–Crippen LogP) is 4.77. The van der Waals surface area contributed by atoms with Crippen LogP contribution < -0.4 is 5.32 Å². The number of nitrogens with zero attached hydrogens (tertiary/aromatic N) is 3. The highest BCUT2D eigenvalue weighted by molar-refractivity contribution is 6.39. The van der Waals surface area contributed by atoms with Crippen LogP contribution in [0.15, 0.2) is 46.9 Å². The lowest BCUT2D eigenvalue weighted by molar-refractivity contribution is -0.117. The highest BCUT2D eigenvalue weighted by Crippen LogP contribution is 2.29. The van der Waals surface area contributed by atoms with Crippen molar-refractivity contribution in [2.45, 2.75) is 6.54 Å². The number of para-hydroxylation sites is 1. The van der Waals surface area contributed by atoms with Crippen LogP contribution in [0.1, 0.15) is 5.89 Å². The third kappa shape index (κ3) is 5.20. The summed E-state index contributed by atoms with van der Waals surface area (Å²) in [5.74, 6) is 0.526. The van der Waals surface area contributed by atoms with E-state index >= 15 is 0 Å². The zero-order valence-corrected chi connectivity index (χ0v) is 16.5. The average Bonchev–Trinajstić information content (AvgIpc) is 3.07. The zero-order chi connectivity index (χ0) is 19.4.